The van der Waals surface area contributed by atoms with Crippen LogP contribution in [0.2, 0.25) is 0 Å². The topological polar surface area (TPSA) is 9.23 Å². The van der Waals surface area contributed by atoms with E-state index in [1.807, 2.05) is 0 Å². The highest BCUT2D eigenvalue weighted by molar-refractivity contribution is 4.78. The molecule has 0 unspecified atom stereocenters. The van der Waals surface area contributed by atoms with Crippen LogP contribution in [0.4, 0.5) is 0 Å². The van der Waals surface area contributed by atoms with E-state index >= 15 is 0 Å². The van der Waals surface area contributed by atoms with Crippen LogP contribution in [0.5, 0.6) is 0 Å². The monoisotopic (exact) mass is 142 g/mol. The van der Waals surface area contributed by atoms with Gasteiger partial charge in [0.25, 0.3) is 0 Å². The summed E-state index contributed by atoms with van der Waals surface area (Å²) in [6.07, 6.45) is 3.55. The third-order valence-electron chi connectivity index (χ3n) is 2.14. The average Bonchev–Trinajstić information content (AvgIpc) is 2.47. The predicted molar refractivity (Wildman–Crippen MR) is 43.0 cm³/mol. The van der Waals surface area contributed by atoms with Crippen molar-refractivity contribution >= 4 is 0 Å². The second kappa shape index (κ2) is 2.54. The number of hydrogen-bond donors (Lipinski definition) is 0. The molecule has 0 aromatic carbocycles. The van der Waals surface area contributed by atoms with E-state index in [2.05, 4.69) is 27.7 Å². The second-order valence-corrected chi connectivity index (χ2v) is 4.34. The molecule has 1 aliphatic carbocycles. The molecule has 0 saturated heterocycles. The molecule has 0 heterocycles. The number of ether oxygens (including phenoxy) is 1. The summed E-state index contributed by atoms with van der Waals surface area (Å²) < 4.78 is 5.73. The maximum absolute atomic E-state index is 5.73. The minimum Gasteiger partial charge on any atom is -0.375 e. The highest BCUT2D eigenvalue weighted by Gasteiger charge is 2.29. The van der Waals surface area contributed by atoms with Crippen LogP contribution in [0.25, 0.3) is 0 Å². The van der Waals surface area contributed by atoms with Crippen molar-refractivity contribution in [1.82, 2.24) is 0 Å². The van der Waals surface area contributed by atoms with Gasteiger partial charge >= 0.3 is 0 Å². The molecule has 0 radical (unpaired) electrons. The Morgan fingerprint density at radius 2 is 1.80 bits per heavy atom. The Bertz CT molecular complexity index is 108. The van der Waals surface area contributed by atoms with Gasteiger partial charge < -0.3 is 4.74 Å². The Morgan fingerprint density at radius 3 is 2.10 bits per heavy atom. The van der Waals surface area contributed by atoms with E-state index in [0.717, 1.165) is 0 Å². The summed E-state index contributed by atoms with van der Waals surface area (Å²) in [5.41, 5.74) is 0.308. The summed E-state index contributed by atoms with van der Waals surface area (Å²) in [5, 5.41) is 0. The van der Waals surface area contributed by atoms with Crippen molar-refractivity contribution in [3.05, 3.63) is 0 Å². The smallest absolute Gasteiger partial charge is 0.0599 e. The van der Waals surface area contributed by atoms with E-state index in [9.17, 15) is 0 Å². The number of hydrogen-bond acceptors (Lipinski definition) is 1. The Kier molecular flexibility index (Phi) is 2.04. The van der Waals surface area contributed by atoms with Crippen LogP contribution in [0.3, 0.4) is 0 Å². The summed E-state index contributed by atoms with van der Waals surface area (Å²) in [4.78, 5) is 0. The Hall–Kier alpha value is -0.0400. The van der Waals surface area contributed by atoms with E-state index in [1.54, 1.807) is 0 Å². The fraction of sp³-hybridized carbons (Fsp3) is 1.00. The molecule has 0 aromatic rings. The summed E-state index contributed by atoms with van der Waals surface area (Å²) in [6.45, 7) is 8.83. The van der Waals surface area contributed by atoms with E-state index in [4.69, 9.17) is 4.74 Å². The molecule has 1 rings (SSSR count). The molecular weight excluding hydrogens is 124 g/mol. The van der Waals surface area contributed by atoms with Crippen molar-refractivity contribution < 1.29 is 4.74 Å². The lowest BCUT2D eigenvalue weighted by Gasteiger charge is -2.27. The summed E-state index contributed by atoms with van der Waals surface area (Å²) in [7, 11) is 0. The van der Waals surface area contributed by atoms with Crippen LogP contribution in [0.1, 0.15) is 40.5 Å². The van der Waals surface area contributed by atoms with Crippen molar-refractivity contribution in [2.45, 2.75) is 52.7 Å². The molecular formula is C9H18O. The van der Waals surface area contributed by atoms with Gasteiger partial charge in [0.05, 0.1) is 12.2 Å². The Labute approximate surface area is 63.8 Å². The molecule has 1 aliphatic rings. The fourth-order valence-electron chi connectivity index (χ4n) is 0.697. The first-order chi connectivity index (χ1) is 4.50. The van der Waals surface area contributed by atoms with Crippen LogP contribution in [0.15, 0.2) is 0 Å². The summed E-state index contributed by atoms with van der Waals surface area (Å²) >= 11 is 0. The quantitative estimate of drug-likeness (QED) is 0.576. The van der Waals surface area contributed by atoms with Gasteiger partial charge in [-0.2, -0.15) is 0 Å². The normalized spacial score (nSPS) is 22.8. The van der Waals surface area contributed by atoms with E-state index < -0.39 is 0 Å². The zero-order chi connectivity index (χ0) is 7.78. The molecule has 0 amide bonds. The van der Waals surface area contributed by atoms with E-state index in [-0.39, 0.29) is 0 Å². The van der Waals surface area contributed by atoms with Gasteiger partial charge in [-0.3, -0.25) is 0 Å². The molecule has 0 bridgehead atoms. The van der Waals surface area contributed by atoms with Crippen molar-refractivity contribution in [3.8, 4) is 0 Å². The lowest BCUT2D eigenvalue weighted by molar-refractivity contribution is -0.0155. The minimum absolute atomic E-state index is 0.308. The average molecular weight is 142 g/mol. The van der Waals surface area contributed by atoms with Crippen LogP contribution in [0, 0.1) is 5.41 Å². The highest BCUT2D eigenvalue weighted by Crippen LogP contribution is 2.30. The fourth-order valence-corrected chi connectivity index (χ4v) is 0.697. The molecule has 0 spiro atoms. The van der Waals surface area contributed by atoms with Gasteiger partial charge in [0, 0.05) is 0 Å². The standard InChI is InChI=1S/C9H18O/c1-7(9(2,3)4)10-8-5-6-8/h7-8H,5-6H2,1-4H3/t7-/m0/s1. The van der Waals surface area contributed by atoms with Crippen molar-refractivity contribution in [2.75, 3.05) is 0 Å². The van der Waals surface area contributed by atoms with Gasteiger partial charge in [-0.15, -0.1) is 0 Å². The molecule has 1 fully saturated rings. The third-order valence-corrected chi connectivity index (χ3v) is 2.14. The van der Waals surface area contributed by atoms with Crippen LogP contribution < -0.4 is 0 Å². The third kappa shape index (κ3) is 2.30. The van der Waals surface area contributed by atoms with Crippen molar-refractivity contribution in [3.63, 3.8) is 0 Å². The second-order valence-electron chi connectivity index (χ2n) is 4.34. The van der Waals surface area contributed by atoms with E-state index in [1.165, 1.54) is 12.8 Å². The van der Waals surface area contributed by atoms with Gasteiger partial charge in [0.2, 0.25) is 0 Å². The van der Waals surface area contributed by atoms with Crippen molar-refractivity contribution in [2.24, 2.45) is 5.41 Å². The lowest BCUT2D eigenvalue weighted by atomic mass is 9.90. The molecule has 0 aliphatic heterocycles. The Morgan fingerprint density at radius 1 is 1.30 bits per heavy atom. The van der Waals surface area contributed by atoms with Gasteiger partial charge in [-0.1, -0.05) is 20.8 Å². The highest BCUT2D eigenvalue weighted by atomic mass is 16.5. The molecule has 1 saturated carbocycles. The molecule has 0 aromatic heterocycles. The minimum atomic E-state index is 0.308. The first-order valence-electron chi connectivity index (χ1n) is 4.15. The van der Waals surface area contributed by atoms with Gasteiger partial charge in [-0.05, 0) is 25.2 Å². The maximum Gasteiger partial charge on any atom is 0.0599 e. The van der Waals surface area contributed by atoms with Crippen LogP contribution in [-0.4, -0.2) is 12.2 Å². The number of rotatable bonds is 2. The molecule has 0 N–H and O–H groups in total. The molecule has 10 heavy (non-hydrogen) atoms. The van der Waals surface area contributed by atoms with E-state index in [0.29, 0.717) is 17.6 Å². The zero-order valence-electron chi connectivity index (χ0n) is 7.48. The summed E-state index contributed by atoms with van der Waals surface area (Å²) in [6, 6.07) is 0. The predicted octanol–water partition coefficient (Wildman–Crippen LogP) is 2.60. The molecule has 1 atom stereocenters. The largest absolute Gasteiger partial charge is 0.375 e. The Balaban J connectivity index is 2.25. The lowest BCUT2D eigenvalue weighted by Crippen LogP contribution is -2.26. The SMILES string of the molecule is C[C@H](OC1CC1)C(C)(C)C. The van der Waals surface area contributed by atoms with Gasteiger partial charge in [0.15, 0.2) is 0 Å². The van der Waals surface area contributed by atoms with Crippen LogP contribution >= 0.6 is 0 Å². The van der Waals surface area contributed by atoms with Crippen molar-refractivity contribution in [1.29, 1.82) is 0 Å². The summed E-state index contributed by atoms with van der Waals surface area (Å²) in [5.74, 6) is 0. The van der Waals surface area contributed by atoms with Crippen LogP contribution in [-0.2, 0) is 4.74 Å². The first kappa shape index (κ1) is 8.06. The van der Waals surface area contributed by atoms with Gasteiger partial charge in [-0.25, -0.2) is 0 Å². The maximum atomic E-state index is 5.73. The zero-order valence-corrected chi connectivity index (χ0v) is 7.48. The first-order valence-corrected chi connectivity index (χ1v) is 4.15. The molecule has 1 nitrogen and oxygen atoms in total. The molecule has 1 heteroatoms. The van der Waals surface area contributed by atoms with Gasteiger partial charge in [0.1, 0.15) is 0 Å². The molecule has 60 valence electrons.